The van der Waals surface area contributed by atoms with Gasteiger partial charge < -0.3 is 15.1 Å². The standard InChI is InChI=1S/C35H38N6OS/c1-21(2)41-15-12-30-32(20-41)43-35(40-30)29-11-7-9-27(23(29)4)26-8-6-10-28(22(26)3)34-39-31-17-24(19-38-14-13-37-5)16-25(18-36)33(31)42-34/h6-11,16-17,21,37-38H,12-15,19-20H2,1-5H3. The SMILES string of the molecule is CNCCNCc1cc(C#N)c2oc(-c3cccc(-c4cccc(-c5nc6c(s5)CN(C(C)C)CC6)c4C)c3C)nc2c1. The molecule has 43 heavy (non-hydrogen) atoms. The molecule has 1 aliphatic heterocycles. The van der Waals surface area contributed by atoms with E-state index in [2.05, 4.69) is 79.6 Å². The zero-order chi connectivity index (χ0) is 30.1. The van der Waals surface area contributed by atoms with Gasteiger partial charge in [0, 0.05) is 61.2 Å². The lowest BCUT2D eigenvalue weighted by atomic mass is 9.91. The lowest BCUT2D eigenvalue weighted by Crippen LogP contribution is -2.35. The summed E-state index contributed by atoms with van der Waals surface area (Å²) in [5, 5.41) is 17.5. The molecule has 8 heteroatoms. The van der Waals surface area contributed by atoms with E-state index in [0.717, 1.165) is 59.9 Å². The van der Waals surface area contributed by atoms with Gasteiger partial charge in [-0.2, -0.15) is 5.26 Å². The maximum Gasteiger partial charge on any atom is 0.227 e. The lowest BCUT2D eigenvalue weighted by Gasteiger charge is -2.29. The molecule has 2 N–H and O–H groups in total. The number of fused-ring (bicyclic) bond motifs is 2. The fourth-order valence-electron chi connectivity index (χ4n) is 5.93. The Kier molecular flexibility index (Phi) is 8.42. The molecule has 1 aliphatic rings. The third kappa shape index (κ3) is 5.74. The van der Waals surface area contributed by atoms with E-state index in [9.17, 15) is 5.26 Å². The van der Waals surface area contributed by atoms with E-state index in [4.69, 9.17) is 14.4 Å². The molecule has 0 aliphatic carbocycles. The van der Waals surface area contributed by atoms with Crippen LogP contribution in [0.15, 0.2) is 52.9 Å². The quantitative estimate of drug-likeness (QED) is 0.182. The van der Waals surface area contributed by atoms with Crippen molar-refractivity contribution < 1.29 is 4.42 Å². The Morgan fingerprint density at radius 3 is 2.44 bits per heavy atom. The number of benzene rings is 3. The topological polar surface area (TPSA) is 90.0 Å². The summed E-state index contributed by atoms with van der Waals surface area (Å²) < 4.78 is 6.26. The molecule has 220 valence electrons. The van der Waals surface area contributed by atoms with Crippen LogP contribution in [0.3, 0.4) is 0 Å². The van der Waals surface area contributed by atoms with Gasteiger partial charge in [-0.3, -0.25) is 4.90 Å². The van der Waals surface area contributed by atoms with Crippen LogP contribution in [-0.4, -0.2) is 47.6 Å². The van der Waals surface area contributed by atoms with Gasteiger partial charge in [0.15, 0.2) is 5.58 Å². The molecule has 0 amide bonds. The van der Waals surface area contributed by atoms with Gasteiger partial charge in [0.1, 0.15) is 16.6 Å². The highest BCUT2D eigenvalue weighted by atomic mass is 32.1. The Bertz CT molecular complexity index is 1830. The van der Waals surface area contributed by atoms with Crippen LogP contribution in [0, 0.1) is 25.2 Å². The predicted octanol–water partition coefficient (Wildman–Crippen LogP) is 6.85. The predicted molar refractivity (Wildman–Crippen MR) is 175 cm³/mol. The van der Waals surface area contributed by atoms with E-state index >= 15 is 0 Å². The average Bonchev–Trinajstić information content (AvgIpc) is 3.63. The number of hydrogen-bond donors (Lipinski definition) is 2. The number of oxazole rings is 1. The Balaban J connectivity index is 1.34. The van der Waals surface area contributed by atoms with E-state index in [-0.39, 0.29) is 0 Å². The first-order valence-electron chi connectivity index (χ1n) is 15.0. The normalized spacial score (nSPS) is 13.5. The molecule has 0 saturated heterocycles. The summed E-state index contributed by atoms with van der Waals surface area (Å²) in [6.45, 7) is 13.3. The maximum absolute atomic E-state index is 9.86. The number of nitrogens with zero attached hydrogens (tertiary/aromatic N) is 4. The second-order valence-corrected chi connectivity index (χ2v) is 12.6. The van der Waals surface area contributed by atoms with Crippen molar-refractivity contribution in [1.82, 2.24) is 25.5 Å². The first-order chi connectivity index (χ1) is 20.9. The molecule has 2 aromatic heterocycles. The Morgan fingerprint density at radius 1 is 1.00 bits per heavy atom. The molecule has 3 heterocycles. The third-order valence-corrected chi connectivity index (χ3v) is 9.58. The fourth-order valence-corrected chi connectivity index (χ4v) is 7.14. The number of nitriles is 1. The molecule has 0 bridgehead atoms. The molecular formula is C35H38N6OS. The summed E-state index contributed by atoms with van der Waals surface area (Å²) in [6.07, 6.45) is 1.01. The number of likely N-dealkylation sites (N-methyl/N-ethyl adjacent to an activating group) is 1. The summed E-state index contributed by atoms with van der Waals surface area (Å²) in [5.74, 6) is 0.530. The van der Waals surface area contributed by atoms with Crippen LogP contribution >= 0.6 is 11.3 Å². The van der Waals surface area contributed by atoms with Gasteiger partial charge in [-0.05, 0) is 80.8 Å². The minimum Gasteiger partial charge on any atom is -0.435 e. The lowest BCUT2D eigenvalue weighted by molar-refractivity contribution is 0.205. The summed E-state index contributed by atoms with van der Waals surface area (Å²) >= 11 is 1.83. The van der Waals surface area contributed by atoms with Crippen LogP contribution in [0.25, 0.3) is 44.3 Å². The number of aromatic nitrogens is 2. The van der Waals surface area contributed by atoms with Crippen molar-refractivity contribution in [2.75, 3.05) is 26.7 Å². The van der Waals surface area contributed by atoms with Crippen molar-refractivity contribution in [1.29, 1.82) is 5.26 Å². The minimum atomic E-state index is 0.502. The molecule has 0 saturated carbocycles. The van der Waals surface area contributed by atoms with Crippen molar-refractivity contribution in [3.8, 4) is 39.2 Å². The van der Waals surface area contributed by atoms with Crippen LogP contribution in [0.1, 0.15) is 46.7 Å². The van der Waals surface area contributed by atoms with Gasteiger partial charge in [-0.1, -0.05) is 30.3 Å². The van der Waals surface area contributed by atoms with Gasteiger partial charge >= 0.3 is 0 Å². The summed E-state index contributed by atoms with van der Waals surface area (Å²) in [5.41, 5.74) is 10.7. The second-order valence-electron chi connectivity index (χ2n) is 11.6. The van der Waals surface area contributed by atoms with Crippen LogP contribution in [0.2, 0.25) is 0 Å². The largest absolute Gasteiger partial charge is 0.435 e. The molecule has 0 spiro atoms. The molecular weight excluding hydrogens is 552 g/mol. The second kappa shape index (κ2) is 12.4. The van der Waals surface area contributed by atoms with Crippen molar-refractivity contribution >= 4 is 22.4 Å². The Labute approximate surface area is 257 Å². The van der Waals surface area contributed by atoms with Gasteiger partial charge in [-0.15, -0.1) is 11.3 Å². The average molecular weight is 591 g/mol. The number of hydrogen-bond acceptors (Lipinski definition) is 8. The molecule has 0 unspecified atom stereocenters. The molecule has 0 radical (unpaired) electrons. The maximum atomic E-state index is 9.86. The number of rotatable bonds is 9. The highest BCUT2D eigenvalue weighted by molar-refractivity contribution is 7.15. The van der Waals surface area contributed by atoms with Crippen LogP contribution in [0.4, 0.5) is 0 Å². The van der Waals surface area contributed by atoms with Crippen molar-refractivity contribution in [3.05, 3.63) is 81.4 Å². The van der Waals surface area contributed by atoms with Crippen LogP contribution < -0.4 is 10.6 Å². The van der Waals surface area contributed by atoms with Crippen molar-refractivity contribution in [2.24, 2.45) is 0 Å². The summed E-state index contributed by atoms with van der Waals surface area (Å²) in [6, 6.07) is 19.5. The first-order valence-corrected chi connectivity index (χ1v) is 15.8. The molecule has 0 fully saturated rings. The molecule has 7 nitrogen and oxygen atoms in total. The molecule has 0 atom stereocenters. The number of nitrogens with one attached hydrogen (secondary N) is 2. The van der Waals surface area contributed by atoms with E-state index < -0.39 is 0 Å². The monoisotopic (exact) mass is 590 g/mol. The molecule has 3 aromatic carbocycles. The van der Waals surface area contributed by atoms with Crippen LogP contribution in [0.5, 0.6) is 0 Å². The first kappa shape index (κ1) is 29.2. The van der Waals surface area contributed by atoms with Crippen molar-refractivity contribution in [3.63, 3.8) is 0 Å². The van der Waals surface area contributed by atoms with Gasteiger partial charge in [-0.25, -0.2) is 9.97 Å². The summed E-state index contributed by atoms with van der Waals surface area (Å²) in [4.78, 5) is 13.9. The zero-order valence-electron chi connectivity index (χ0n) is 25.5. The van der Waals surface area contributed by atoms with E-state index in [1.807, 2.05) is 36.6 Å². The third-order valence-electron chi connectivity index (χ3n) is 8.46. The van der Waals surface area contributed by atoms with Crippen molar-refractivity contribution in [2.45, 2.75) is 53.2 Å². The molecule has 5 aromatic rings. The van der Waals surface area contributed by atoms with Gasteiger partial charge in [0.2, 0.25) is 5.89 Å². The van der Waals surface area contributed by atoms with E-state index in [1.165, 1.54) is 27.3 Å². The molecule has 6 rings (SSSR count). The highest BCUT2D eigenvalue weighted by Crippen LogP contribution is 2.40. The fraction of sp³-hybridized carbons (Fsp3) is 0.343. The smallest absolute Gasteiger partial charge is 0.227 e. The van der Waals surface area contributed by atoms with Crippen LogP contribution in [-0.2, 0) is 19.5 Å². The number of thiazole rings is 1. The minimum absolute atomic E-state index is 0.502. The Hall–Kier alpha value is -3.87. The van der Waals surface area contributed by atoms with Gasteiger partial charge in [0.25, 0.3) is 0 Å². The zero-order valence-corrected chi connectivity index (χ0v) is 26.4. The van der Waals surface area contributed by atoms with E-state index in [0.29, 0.717) is 35.1 Å². The van der Waals surface area contributed by atoms with Gasteiger partial charge in [0.05, 0.1) is 11.3 Å². The summed E-state index contributed by atoms with van der Waals surface area (Å²) in [7, 11) is 1.93. The Morgan fingerprint density at radius 2 is 1.72 bits per heavy atom. The van der Waals surface area contributed by atoms with E-state index in [1.54, 1.807) is 0 Å². The highest BCUT2D eigenvalue weighted by Gasteiger charge is 2.24.